The van der Waals surface area contributed by atoms with Crippen LogP contribution in [0.15, 0.2) is 54.6 Å². The lowest BCUT2D eigenvalue weighted by Gasteiger charge is -2.11. The molecule has 0 bridgehead atoms. The Hall–Kier alpha value is -3.28. The summed E-state index contributed by atoms with van der Waals surface area (Å²) in [7, 11) is 0. The van der Waals surface area contributed by atoms with Crippen LogP contribution in [0.4, 0.5) is 17.6 Å². The number of rotatable bonds is 7. The smallest absolute Gasteiger partial charge is 0.201 e. The maximum absolute atomic E-state index is 14.3. The van der Waals surface area contributed by atoms with Gasteiger partial charge in [-0.05, 0) is 43.7 Å². The molecule has 0 fully saturated rings. The summed E-state index contributed by atoms with van der Waals surface area (Å²) in [6.07, 6.45) is 3.10. The molecule has 0 amide bonds. The van der Waals surface area contributed by atoms with Crippen molar-refractivity contribution >= 4 is 6.08 Å². The summed E-state index contributed by atoms with van der Waals surface area (Å²) < 4.78 is 67.1. The first-order valence-electron chi connectivity index (χ1n) is 9.39. The van der Waals surface area contributed by atoms with Crippen molar-refractivity contribution < 1.29 is 27.0 Å². The highest BCUT2D eigenvalue weighted by Crippen LogP contribution is 2.31. The summed E-state index contributed by atoms with van der Waals surface area (Å²) in [6, 6.07) is 11.9. The molecule has 0 aliphatic heterocycles. The fourth-order valence-electron chi connectivity index (χ4n) is 2.94. The van der Waals surface area contributed by atoms with Gasteiger partial charge >= 0.3 is 0 Å². The minimum absolute atomic E-state index is 0.0736. The van der Waals surface area contributed by atoms with Crippen LogP contribution in [-0.2, 0) is 6.61 Å². The van der Waals surface area contributed by atoms with Gasteiger partial charge in [-0.15, -0.1) is 0 Å². The van der Waals surface area contributed by atoms with Crippen molar-refractivity contribution in [2.75, 3.05) is 6.61 Å². The molecule has 0 radical (unpaired) electrons. The van der Waals surface area contributed by atoms with Crippen molar-refractivity contribution in [3.63, 3.8) is 0 Å². The molecule has 0 saturated carbocycles. The predicted octanol–water partition coefficient (Wildman–Crippen LogP) is 6.92. The maximum Gasteiger partial charge on any atom is 0.201 e. The van der Waals surface area contributed by atoms with E-state index in [1.807, 2.05) is 0 Å². The molecule has 0 saturated heterocycles. The lowest BCUT2D eigenvalue weighted by atomic mass is 10.0. The number of hydrogen-bond acceptors (Lipinski definition) is 2. The van der Waals surface area contributed by atoms with Crippen molar-refractivity contribution in [1.82, 2.24) is 0 Å². The van der Waals surface area contributed by atoms with Gasteiger partial charge in [0.15, 0.2) is 23.2 Å². The fraction of sp³-hybridized carbons (Fsp3) is 0.167. The Morgan fingerprint density at radius 2 is 1.50 bits per heavy atom. The molecule has 3 aromatic carbocycles. The second-order valence-electron chi connectivity index (χ2n) is 6.43. The molecule has 2 nitrogen and oxygen atoms in total. The van der Waals surface area contributed by atoms with E-state index in [-0.39, 0.29) is 35.7 Å². The third-order valence-electron chi connectivity index (χ3n) is 4.44. The van der Waals surface area contributed by atoms with Crippen molar-refractivity contribution in [3.05, 3.63) is 89.0 Å². The molecule has 6 heteroatoms. The highest BCUT2D eigenvalue weighted by Gasteiger charge is 2.16. The van der Waals surface area contributed by atoms with Gasteiger partial charge in [0.05, 0.1) is 6.61 Å². The lowest BCUT2D eigenvalue weighted by Crippen LogP contribution is -2.02. The zero-order valence-electron chi connectivity index (χ0n) is 16.5. The van der Waals surface area contributed by atoms with E-state index in [0.717, 1.165) is 0 Å². The quantitative estimate of drug-likeness (QED) is 0.389. The second kappa shape index (κ2) is 9.48. The minimum atomic E-state index is -1.05. The Kier molecular flexibility index (Phi) is 6.77. The summed E-state index contributed by atoms with van der Waals surface area (Å²) in [5.74, 6) is -3.72. The minimum Gasteiger partial charge on any atom is -0.491 e. The van der Waals surface area contributed by atoms with E-state index in [1.54, 1.807) is 44.2 Å². The third kappa shape index (κ3) is 4.48. The van der Waals surface area contributed by atoms with E-state index in [1.165, 1.54) is 30.3 Å². The van der Waals surface area contributed by atoms with Crippen LogP contribution in [0.1, 0.15) is 25.0 Å². The summed E-state index contributed by atoms with van der Waals surface area (Å²) in [5, 5.41) is 0. The molecule has 0 atom stereocenters. The van der Waals surface area contributed by atoms with Crippen LogP contribution < -0.4 is 9.47 Å². The monoisotopic (exact) mass is 416 g/mol. The number of benzene rings is 3. The van der Waals surface area contributed by atoms with Crippen molar-refractivity contribution in [3.8, 4) is 22.6 Å². The van der Waals surface area contributed by atoms with Gasteiger partial charge in [-0.25, -0.2) is 13.2 Å². The molecule has 0 N–H and O–H groups in total. The zero-order valence-corrected chi connectivity index (χ0v) is 16.5. The topological polar surface area (TPSA) is 18.5 Å². The molecule has 0 heterocycles. The molecule has 0 aliphatic rings. The standard InChI is InChI=1S/C24H20F4O2/c1-3-5-16-6-7-17(22(26)21(16)25)14-30-18-10-8-15(9-11-18)19-12-13-20(29-4-2)24(28)23(19)27/h3,5-13H,4,14H2,1-2H3/b5-3+. The average molecular weight is 416 g/mol. The molecule has 156 valence electrons. The van der Waals surface area contributed by atoms with Gasteiger partial charge in [0.25, 0.3) is 0 Å². The summed E-state index contributed by atoms with van der Waals surface area (Å²) in [4.78, 5) is 0. The van der Waals surface area contributed by atoms with Gasteiger partial charge in [0, 0.05) is 16.7 Å². The van der Waals surface area contributed by atoms with Crippen LogP contribution in [0, 0.1) is 23.3 Å². The number of allylic oxidation sites excluding steroid dienone is 1. The van der Waals surface area contributed by atoms with Gasteiger partial charge < -0.3 is 9.47 Å². The normalized spacial score (nSPS) is 11.1. The fourth-order valence-corrected chi connectivity index (χ4v) is 2.94. The largest absolute Gasteiger partial charge is 0.491 e. The molecule has 0 aliphatic carbocycles. The van der Waals surface area contributed by atoms with Gasteiger partial charge in [-0.3, -0.25) is 0 Å². The zero-order chi connectivity index (χ0) is 21.7. The average Bonchev–Trinajstić information content (AvgIpc) is 2.75. The van der Waals surface area contributed by atoms with Crippen molar-refractivity contribution in [1.29, 1.82) is 0 Å². The molecule has 0 spiro atoms. The first-order chi connectivity index (χ1) is 14.5. The van der Waals surface area contributed by atoms with E-state index in [0.29, 0.717) is 11.3 Å². The Morgan fingerprint density at radius 1 is 0.767 bits per heavy atom. The van der Waals surface area contributed by atoms with Crippen LogP contribution in [0.2, 0.25) is 0 Å². The summed E-state index contributed by atoms with van der Waals surface area (Å²) in [5.41, 5.74) is 0.752. The SMILES string of the molecule is C/C=C/c1ccc(COc2ccc(-c3ccc(OCC)c(F)c3F)cc2)c(F)c1F. The van der Waals surface area contributed by atoms with E-state index >= 15 is 0 Å². The Labute approximate surface area is 172 Å². The van der Waals surface area contributed by atoms with Crippen molar-refractivity contribution in [2.24, 2.45) is 0 Å². The highest BCUT2D eigenvalue weighted by atomic mass is 19.2. The lowest BCUT2D eigenvalue weighted by molar-refractivity contribution is 0.297. The van der Waals surface area contributed by atoms with Gasteiger partial charge in [-0.1, -0.05) is 36.4 Å². The molecular formula is C24H20F4O2. The Morgan fingerprint density at radius 3 is 2.17 bits per heavy atom. The van der Waals surface area contributed by atoms with E-state index < -0.39 is 23.3 Å². The maximum atomic E-state index is 14.3. The Bertz CT molecular complexity index is 1060. The van der Waals surface area contributed by atoms with E-state index in [2.05, 4.69) is 0 Å². The van der Waals surface area contributed by atoms with Crippen LogP contribution >= 0.6 is 0 Å². The summed E-state index contributed by atoms with van der Waals surface area (Å²) >= 11 is 0. The van der Waals surface area contributed by atoms with Crippen LogP contribution in [-0.4, -0.2) is 6.61 Å². The van der Waals surface area contributed by atoms with Crippen LogP contribution in [0.25, 0.3) is 17.2 Å². The van der Waals surface area contributed by atoms with E-state index in [9.17, 15) is 17.6 Å². The molecule has 3 rings (SSSR count). The third-order valence-corrected chi connectivity index (χ3v) is 4.44. The molecule has 0 unspecified atom stereocenters. The van der Waals surface area contributed by atoms with Crippen LogP contribution in [0.5, 0.6) is 11.5 Å². The Balaban J connectivity index is 1.74. The molecule has 0 aromatic heterocycles. The summed E-state index contributed by atoms with van der Waals surface area (Å²) in [6.45, 7) is 3.45. The molecule has 30 heavy (non-hydrogen) atoms. The molecule has 3 aromatic rings. The van der Waals surface area contributed by atoms with Crippen LogP contribution in [0.3, 0.4) is 0 Å². The van der Waals surface area contributed by atoms with Gasteiger partial charge in [0.2, 0.25) is 5.82 Å². The predicted molar refractivity (Wildman–Crippen MR) is 108 cm³/mol. The number of hydrogen-bond donors (Lipinski definition) is 0. The number of halogens is 4. The highest BCUT2D eigenvalue weighted by molar-refractivity contribution is 5.66. The second-order valence-corrected chi connectivity index (χ2v) is 6.43. The first-order valence-corrected chi connectivity index (χ1v) is 9.39. The van der Waals surface area contributed by atoms with Gasteiger partial charge in [0.1, 0.15) is 12.4 Å². The van der Waals surface area contributed by atoms with Gasteiger partial charge in [-0.2, -0.15) is 4.39 Å². The van der Waals surface area contributed by atoms with E-state index in [4.69, 9.17) is 9.47 Å². The molecular weight excluding hydrogens is 396 g/mol. The number of ether oxygens (including phenoxy) is 2. The first kappa shape index (κ1) is 21.4. The van der Waals surface area contributed by atoms with Crippen molar-refractivity contribution in [2.45, 2.75) is 20.5 Å².